The van der Waals surface area contributed by atoms with Crippen LogP contribution in [0.25, 0.3) is 0 Å². The van der Waals surface area contributed by atoms with E-state index >= 15 is 0 Å². The van der Waals surface area contributed by atoms with E-state index < -0.39 is 28.7 Å². The average molecular weight is 382 g/mol. The van der Waals surface area contributed by atoms with Gasteiger partial charge in [0.1, 0.15) is 12.5 Å². The molecule has 0 aromatic heterocycles. The first-order chi connectivity index (χ1) is 10.7. The SMILES string of the molecule is CS(=O)(=O)O[C@H]1CC[C@@H](N2C(O)c3cc(Cl)c(Cl)cc3C2O)C1. The highest BCUT2D eigenvalue weighted by Gasteiger charge is 2.44. The summed E-state index contributed by atoms with van der Waals surface area (Å²) in [6.07, 6.45) is 0.116. The Bertz CT molecular complexity index is 691. The van der Waals surface area contributed by atoms with Gasteiger partial charge in [-0.15, -0.1) is 0 Å². The van der Waals surface area contributed by atoms with Crippen LogP contribution in [-0.2, 0) is 14.3 Å². The molecule has 6 nitrogen and oxygen atoms in total. The van der Waals surface area contributed by atoms with Gasteiger partial charge in [-0.25, -0.2) is 4.90 Å². The maximum Gasteiger partial charge on any atom is 0.264 e. The van der Waals surface area contributed by atoms with E-state index in [-0.39, 0.29) is 6.04 Å². The van der Waals surface area contributed by atoms with Crippen LogP contribution >= 0.6 is 23.2 Å². The van der Waals surface area contributed by atoms with E-state index in [9.17, 15) is 18.6 Å². The molecule has 128 valence electrons. The van der Waals surface area contributed by atoms with Gasteiger partial charge in [0.15, 0.2) is 0 Å². The van der Waals surface area contributed by atoms with E-state index in [1.165, 1.54) is 0 Å². The smallest absolute Gasteiger partial charge is 0.264 e. The number of aliphatic hydroxyl groups is 2. The molecule has 0 bridgehead atoms. The second-order valence-corrected chi connectivity index (χ2v) is 8.39. The van der Waals surface area contributed by atoms with Crippen LogP contribution in [0.1, 0.15) is 42.8 Å². The van der Waals surface area contributed by atoms with Gasteiger partial charge < -0.3 is 10.2 Å². The number of halogens is 2. The van der Waals surface area contributed by atoms with Crippen LogP contribution in [0.5, 0.6) is 0 Å². The molecule has 0 saturated heterocycles. The number of aliphatic hydroxyl groups excluding tert-OH is 2. The minimum atomic E-state index is -3.52. The first-order valence-corrected chi connectivity index (χ1v) is 9.75. The van der Waals surface area contributed by atoms with Gasteiger partial charge in [-0.3, -0.25) is 4.18 Å². The average Bonchev–Trinajstić information content (AvgIpc) is 2.95. The molecule has 0 spiro atoms. The maximum atomic E-state index is 11.2. The van der Waals surface area contributed by atoms with E-state index in [0.717, 1.165) is 6.26 Å². The Morgan fingerprint density at radius 3 is 2.13 bits per heavy atom. The van der Waals surface area contributed by atoms with Crippen molar-refractivity contribution in [2.24, 2.45) is 0 Å². The highest BCUT2D eigenvalue weighted by molar-refractivity contribution is 7.86. The monoisotopic (exact) mass is 381 g/mol. The van der Waals surface area contributed by atoms with Crippen molar-refractivity contribution < 1.29 is 22.8 Å². The largest absolute Gasteiger partial charge is 0.374 e. The summed E-state index contributed by atoms with van der Waals surface area (Å²) in [5, 5.41) is 21.6. The third-order valence-electron chi connectivity index (χ3n) is 4.34. The summed E-state index contributed by atoms with van der Waals surface area (Å²) < 4.78 is 27.5. The van der Waals surface area contributed by atoms with Crippen molar-refractivity contribution >= 4 is 33.3 Å². The lowest BCUT2D eigenvalue weighted by atomic mass is 10.1. The van der Waals surface area contributed by atoms with E-state index in [2.05, 4.69) is 0 Å². The minimum absolute atomic E-state index is 0.197. The number of rotatable bonds is 3. The molecule has 1 saturated carbocycles. The van der Waals surface area contributed by atoms with Gasteiger partial charge in [0.05, 0.1) is 22.4 Å². The van der Waals surface area contributed by atoms with Crippen LogP contribution in [0.15, 0.2) is 12.1 Å². The van der Waals surface area contributed by atoms with Crippen LogP contribution in [0, 0.1) is 0 Å². The Hall–Kier alpha value is -0.410. The summed E-state index contributed by atoms with van der Waals surface area (Å²) >= 11 is 12.0. The van der Waals surface area contributed by atoms with Crippen LogP contribution in [-0.4, -0.2) is 41.9 Å². The molecule has 3 rings (SSSR count). The third kappa shape index (κ3) is 3.37. The van der Waals surface area contributed by atoms with Gasteiger partial charge in [-0.2, -0.15) is 8.42 Å². The molecule has 23 heavy (non-hydrogen) atoms. The molecule has 1 aromatic carbocycles. The zero-order chi connectivity index (χ0) is 16.9. The van der Waals surface area contributed by atoms with Crippen molar-refractivity contribution in [3.8, 4) is 0 Å². The normalized spacial score (nSPS) is 31.5. The van der Waals surface area contributed by atoms with E-state index in [0.29, 0.717) is 40.4 Å². The summed E-state index contributed by atoms with van der Waals surface area (Å²) in [7, 11) is -3.52. The lowest BCUT2D eigenvalue weighted by Gasteiger charge is -2.30. The maximum absolute atomic E-state index is 11.2. The molecule has 0 amide bonds. The summed E-state index contributed by atoms with van der Waals surface area (Å²) in [5.74, 6) is 0. The Kier molecular flexibility index (Phi) is 4.65. The first kappa shape index (κ1) is 17.4. The molecular formula is C14H17Cl2NO5S. The molecule has 1 aliphatic carbocycles. The predicted octanol–water partition coefficient (Wildman–Crippen LogP) is 2.19. The zero-order valence-corrected chi connectivity index (χ0v) is 14.6. The van der Waals surface area contributed by atoms with Crippen molar-refractivity contribution in [3.63, 3.8) is 0 Å². The Balaban J connectivity index is 1.80. The highest BCUT2D eigenvalue weighted by atomic mass is 35.5. The highest BCUT2D eigenvalue weighted by Crippen LogP contribution is 2.46. The van der Waals surface area contributed by atoms with E-state index in [1.54, 1.807) is 17.0 Å². The van der Waals surface area contributed by atoms with E-state index in [4.69, 9.17) is 27.4 Å². The van der Waals surface area contributed by atoms with Crippen molar-refractivity contribution in [3.05, 3.63) is 33.3 Å². The van der Waals surface area contributed by atoms with Crippen molar-refractivity contribution in [2.45, 2.75) is 43.9 Å². The van der Waals surface area contributed by atoms with Crippen molar-refractivity contribution in [2.75, 3.05) is 6.26 Å². The zero-order valence-electron chi connectivity index (χ0n) is 12.3. The first-order valence-electron chi connectivity index (χ1n) is 7.18. The summed E-state index contributed by atoms with van der Waals surface area (Å²) in [6, 6.07) is 2.90. The number of benzene rings is 1. The summed E-state index contributed by atoms with van der Waals surface area (Å²) in [6.45, 7) is 0. The van der Waals surface area contributed by atoms with Gasteiger partial charge in [0, 0.05) is 17.2 Å². The molecule has 4 atom stereocenters. The third-order valence-corrected chi connectivity index (χ3v) is 5.68. The van der Waals surface area contributed by atoms with Gasteiger partial charge >= 0.3 is 0 Å². The van der Waals surface area contributed by atoms with Crippen LogP contribution in [0.4, 0.5) is 0 Å². The number of fused-ring (bicyclic) bond motifs is 1. The van der Waals surface area contributed by atoms with Crippen molar-refractivity contribution in [1.82, 2.24) is 4.90 Å². The fraction of sp³-hybridized carbons (Fsp3) is 0.571. The molecule has 0 radical (unpaired) electrons. The van der Waals surface area contributed by atoms with Gasteiger partial charge in [0.2, 0.25) is 0 Å². The Morgan fingerprint density at radius 1 is 1.13 bits per heavy atom. The molecule has 1 heterocycles. The topological polar surface area (TPSA) is 87.1 Å². The van der Waals surface area contributed by atoms with Gasteiger partial charge in [-0.1, -0.05) is 23.2 Å². The lowest BCUT2D eigenvalue weighted by molar-refractivity contribution is -0.110. The number of hydrogen-bond donors (Lipinski definition) is 2. The second-order valence-electron chi connectivity index (χ2n) is 5.98. The summed E-state index contributed by atoms with van der Waals surface area (Å²) in [4.78, 5) is 1.54. The van der Waals surface area contributed by atoms with Crippen LogP contribution in [0.2, 0.25) is 10.0 Å². The Morgan fingerprint density at radius 2 is 1.65 bits per heavy atom. The van der Waals surface area contributed by atoms with Crippen molar-refractivity contribution in [1.29, 1.82) is 0 Å². The fourth-order valence-electron chi connectivity index (χ4n) is 3.40. The van der Waals surface area contributed by atoms with E-state index in [1.807, 2.05) is 0 Å². The number of nitrogens with zero attached hydrogens (tertiary/aromatic N) is 1. The fourth-order valence-corrected chi connectivity index (χ4v) is 4.42. The van der Waals surface area contributed by atoms with Gasteiger partial charge in [0.25, 0.3) is 10.1 Å². The molecule has 2 N–H and O–H groups in total. The molecule has 1 aromatic rings. The molecule has 2 unspecified atom stereocenters. The standard InChI is InChI=1S/C14H17Cl2NO5S/c1-23(20,21)22-8-3-2-7(4-8)17-13(18)9-5-11(15)12(16)6-10(9)14(17)19/h5-8,13-14,18-19H,2-4H2,1H3/t7-,8+,13?,14?/m1/s1. The predicted molar refractivity (Wildman–Crippen MR) is 85.6 cm³/mol. The summed E-state index contributed by atoms with van der Waals surface area (Å²) in [5.41, 5.74) is 1.03. The molecule has 2 aliphatic rings. The second kappa shape index (κ2) is 6.15. The minimum Gasteiger partial charge on any atom is -0.374 e. The number of hydrogen-bond acceptors (Lipinski definition) is 6. The van der Waals surface area contributed by atoms with Gasteiger partial charge in [-0.05, 0) is 31.4 Å². The van der Waals surface area contributed by atoms with Crippen LogP contribution < -0.4 is 0 Å². The molecule has 1 aliphatic heterocycles. The molecular weight excluding hydrogens is 365 g/mol. The lowest BCUT2D eigenvalue weighted by Crippen LogP contribution is -2.35. The van der Waals surface area contributed by atoms with Crippen LogP contribution in [0.3, 0.4) is 0 Å². The molecule has 1 fully saturated rings. The Labute approximate surface area is 144 Å². The molecule has 9 heteroatoms. The quantitative estimate of drug-likeness (QED) is 0.780.